The zero-order valence-corrected chi connectivity index (χ0v) is 15.1. The number of benzene rings is 2. The van der Waals surface area contributed by atoms with Crippen molar-refractivity contribution in [2.75, 3.05) is 45.3 Å². The molecule has 2 aromatic rings. The summed E-state index contributed by atoms with van der Waals surface area (Å²) in [6.45, 7) is 4.49. The second kappa shape index (κ2) is 8.10. The van der Waals surface area contributed by atoms with Gasteiger partial charge in [-0.2, -0.15) is 0 Å². The van der Waals surface area contributed by atoms with Crippen LogP contribution >= 0.6 is 0 Å². The molecular weight excluding hydrogens is 332 g/mol. The van der Waals surface area contributed by atoms with Crippen molar-refractivity contribution in [3.63, 3.8) is 0 Å². The Labute approximate surface area is 153 Å². The highest BCUT2D eigenvalue weighted by Crippen LogP contribution is 2.26. The van der Waals surface area contributed by atoms with Crippen LogP contribution in [-0.2, 0) is 11.3 Å². The molecule has 6 heteroatoms. The van der Waals surface area contributed by atoms with Crippen LogP contribution < -0.4 is 9.64 Å². The molecule has 0 unspecified atom stereocenters. The molecular formula is C20H24N2O4. The summed E-state index contributed by atoms with van der Waals surface area (Å²) in [6.07, 6.45) is 0. The number of carbonyl (C=O) groups is 1. The first-order valence-electron chi connectivity index (χ1n) is 8.62. The van der Waals surface area contributed by atoms with Crippen molar-refractivity contribution in [1.29, 1.82) is 0 Å². The fourth-order valence-corrected chi connectivity index (χ4v) is 3.20. The lowest BCUT2D eigenvalue weighted by molar-refractivity contribution is 0.0600. The molecule has 1 saturated heterocycles. The van der Waals surface area contributed by atoms with Crippen LogP contribution in [0.25, 0.3) is 0 Å². The number of methoxy groups -OCH3 is 2. The zero-order valence-electron chi connectivity index (χ0n) is 15.1. The van der Waals surface area contributed by atoms with E-state index >= 15 is 0 Å². The van der Waals surface area contributed by atoms with Crippen molar-refractivity contribution < 1.29 is 19.4 Å². The second-order valence-electron chi connectivity index (χ2n) is 6.30. The van der Waals surface area contributed by atoms with Crippen LogP contribution in [0, 0.1) is 0 Å². The number of nitrogens with zero attached hydrogens (tertiary/aromatic N) is 2. The first-order valence-corrected chi connectivity index (χ1v) is 8.62. The average molecular weight is 356 g/mol. The summed E-state index contributed by atoms with van der Waals surface area (Å²) in [6, 6.07) is 12.8. The number of esters is 1. The molecule has 26 heavy (non-hydrogen) atoms. The van der Waals surface area contributed by atoms with Gasteiger partial charge in [-0.1, -0.05) is 6.07 Å². The minimum atomic E-state index is -0.316. The third-order valence-corrected chi connectivity index (χ3v) is 4.69. The number of rotatable bonds is 5. The molecule has 0 atom stereocenters. The molecule has 1 fully saturated rings. The topological polar surface area (TPSA) is 62.2 Å². The lowest BCUT2D eigenvalue weighted by Gasteiger charge is -2.36. The summed E-state index contributed by atoms with van der Waals surface area (Å²) in [5, 5.41) is 9.58. The van der Waals surface area contributed by atoms with Gasteiger partial charge in [0.05, 0.1) is 19.8 Å². The van der Waals surface area contributed by atoms with Gasteiger partial charge in [-0.3, -0.25) is 4.90 Å². The van der Waals surface area contributed by atoms with Crippen LogP contribution in [0.2, 0.25) is 0 Å². The summed E-state index contributed by atoms with van der Waals surface area (Å²) >= 11 is 0. The average Bonchev–Trinajstić information content (AvgIpc) is 2.69. The van der Waals surface area contributed by atoms with Crippen molar-refractivity contribution in [3.05, 3.63) is 53.6 Å². The fourth-order valence-electron chi connectivity index (χ4n) is 3.20. The zero-order chi connectivity index (χ0) is 18.5. The van der Waals surface area contributed by atoms with E-state index in [4.69, 9.17) is 9.47 Å². The van der Waals surface area contributed by atoms with E-state index < -0.39 is 0 Å². The summed E-state index contributed by atoms with van der Waals surface area (Å²) in [5.41, 5.74) is 2.75. The van der Waals surface area contributed by atoms with Gasteiger partial charge in [0, 0.05) is 50.0 Å². The number of hydrogen-bond acceptors (Lipinski definition) is 6. The largest absolute Gasteiger partial charge is 0.508 e. The highest BCUT2D eigenvalue weighted by molar-refractivity contribution is 5.89. The summed E-state index contributed by atoms with van der Waals surface area (Å²) in [4.78, 5) is 16.2. The molecule has 0 amide bonds. The van der Waals surface area contributed by atoms with Crippen molar-refractivity contribution >= 4 is 11.7 Å². The molecule has 1 heterocycles. The van der Waals surface area contributed by atoms with Gasteiger partial charge in [0.25, 0.3) is 0 Å². The van der Waals surface area contributed by atoms with E-state index in [0.717, 1.165) is 44.0 Å². The number of ether oxygens (including phenoxy) is 2. The second-order valence-corrected chi connectivity index (χ2v) is 6.30. The number of hydrogen-bond donors (Lipinski definition) is 1. The fraction of sp³-hybridized carbons (Fsp3) is 0.350. The van der Waals surface area contributed by atoms with Crippen molar-refractivity contribution in [3.8, 4) is 11.5 Å². The third-order valence-electron chi connectivity index (χ3n) is 4.69. The predicted molar refractivity (Wildman–Crippen MR) is 99.9 cm³/mol. The van der Waals surface area contributed by atoms with Gasteiger partial charge in [0.1, 0.15) is 11.5 Å². The monoisotopic (exact) mass is 356 g/mol. The SMILES string of the molecule is COC(=O)c1ccc(N2CCN(Cc3ccc(O)cc3OC)CC2)cc1. The van der Waals surface area contributed by atoms with E-state index in [1.54, 1.807) is 31.4 Å². The molecule has 1 N–H and O–H groups in total. The van der Waals surface area contributed by atoms with Crippen molar-refractivity contribution in [1.82, 2.24) is 4.90 Å². The van der Waals surface area contributed by atoms with Crippen LogP contribution in [0.3, 0.4) is 0 Å². The lowest BCUT2D eigenvalue weighted by atomic mass is 10.1. The molecule has 3 rings (SSSR count). The normalized spacial score (nSPS) is 14.9. The minimum Gasteiger partial charge on any atom is -0.508 e. The standard InChI is InChI=1S/C20H24N2O4/c1-25-19-13-18(23)8-5-16(19)14-21-9-11-22(12-10-21)17-6-3-15(4-7-17)20(24)26-2/h3-8,13,23H,9-12,14H2,1-2H3. The van der Waals surface area contributed by atoms with Gasteiger partial charge in [-0.15, -0.1) is 0 Å². The quantitative estimate of drug-likeness (QED) is 0.831. The molecule has 0 radical (unpaired) electrons. The number of phenolic OH excluding ortho intramolecular Hbond substituents is 1. The van der Waals surface area contributed by atoms with Gasteiger partial charge in [0.2, 0.25) is 0 Å². The van der Waals surface area contributed by atoms with E-state index in [-0.39, 0.29) is 11.7 Å². The van der Waals surface area contributed by atoms with E-state index in [2.05, 4.69) is 9.80 Å². The number of aromatic hydroxyl groups is 1. The Hall–Kier alpha value is -2.73. The highest BCUT2D eigenvalue weighted by atomic mass is 16.5. The predicted octanol–water partition coefficient (Wildman–Crippen LogP) is 2.51. The molecule has 0 aliphatic carbocycles. The number of anilines is 1. The van der Waals surface area contributed by atoms with E-state index in [1.165, 1.54) is 7.11 Å². The van der Waals surface area contributed by atoms with Gasteiger partial charge >= 0.3 is 5.97 Å². The summed E-state index contributed by atoms with van der Waals surface area (Å²) in [5.74, 6) is 0.612. The van der Waals surface area contributed by atoms with Crippen LogP contribution in [0.1, 0.15) is 15.9 Å². The first-order chi connectivity index (χ1) is 12.6. The van der Waals surface area contributed by atoms with Crippen molar-refractivity contribution in [2.45, 2.75) is 6.54 Å². The highest BCUT2D eigenvalue weighted by Gasteiger charge is 2.19. The summed E-state index contributed by atoms with van der Waals surface area (Å²) < 4.78 is 10.1. The number of piperazine rings is 1. The smallest absolute Gasteiger partial charge is 0.337 e. The van der Waals surface area contributed by atoms with Crippen LogP contribution in [0.4, 0.5) is 5.69 Å². The Morgan fingerprint density at radius 2 is 1.73 bits per heavy atom. The minimum absolute atomic E-state index is 0.214. The molecule has 0 saturated carbocycles. The summed E-state index contributed by atoms with van der Waals surface area (Å²) in [7, 11) is 3.01. The molecule has 0 spiro atoms. The van der Waals surface area contributed by atoms with E-state index in [0.29, 0.717) is 11.3 Å². The van der Waals surface area contributed by atoms with Gasteiger partial charge in [-0.25, -0.2) is 4.79 Å². The maximum Gasteiger partial charge on any atom is 0.337 e. The maximum absolute atomic E-state index is 11.5. The molecule has 0 aromatic heterocycles. The Morgan fingerprint density at radius 1 is 1.04 bits per heavy atom. The maximum atomic E-state index is 11.5. The molecule has 0 bridgehead atoms. The Kier molecular flexibility index (Phi) is 5.63. The Bertz CT molecular complexity index is 753. The molecule has 6 nitrogen and oxygen atoms in total. The molecule has 138 valence electrons. The number of phenols is 1. The van der Waals surface area contributed by atoms with Crippen LogP contribution in [-0.4, -0.2) is 56.4 Å². The Balaban J connectivity index is 1.58. The molecule has 2 aromatic carbocycles. The lowest BCUT2D eigenvalue weighted by Crippen LogP contribution is -2.46. The Morgan fingerprint density at radius 3 is 2.35 bits per heavy atom. The van der Waals surface area contributed by atoms with Gasteiger partial charge in [-0.05, 0) is 30.3 Å². The van der Waals surface area contributed by atoms with Gasteiger partial charge in [0.15, 0.2) is 0 Å². The third kappa shape index (κ3) is 4.08. The van der Waals surface area contributed by atoms with Crippen molar-refractivity contribution in [2.24, 2.45) is 0 Å². The first kappa shape index (κ1) is 18.1. The van der Waals surface area contributed by atoms with E-state index in [9.17, 15) is 9.90 Å². The number of carbonyl (C=O) groups excluding carboxylic acids is 1. The van der Waals surface area contributed by atoms with E-state index in [1.807, 2.05) is 18.2 Å². The van der Waals surface area contributed by atoms with Crippen LogP contribution in [0.15, 0.2) is 42.5 Å². The van der Waals surface area contributed by atoms with Crippen LogP contribution in [0.5, 0.6) is 11.5 Å². The van der Waals surface area contributed by atoms with Gasteiger partial charge < -0.3 is 19.5 Å². The molecule has 1 aliphatic rings. The molecule has 1 aliphatic heterocycles.